The van der Waals surface area contributed by atoms with Crippen molar-refractivity contribution in [2.75, 3.05) is 5.88 Å². The van der Waals surface area contributed by atoms with Gasteiger partial charge in [-0.1, -0.05) is 0 Å². The quantitative estimate of drug-likeness (QED) is 0.680. The first kappa shape index (κ1) is 14.2. The van der Waals surface area contributed by atoms with Crippen molar-refractivity contribution in [3.8, 4) is 0 Å². The second-order valence-electron chi connectivity index (χ2n) is 5.35. The van der Waals surface area contributed by atoms with Crippen LogP contribution in [-0.4, -0.2) is 25.2 Å². The Balaban J connectivity index is 2.07. The number of fused-ring (bicyclic) bond motifs is 1. The summed E-state index contributed by atoms with van der Waals surface area (Å²) in [4.78, 5) is 4.74. The molecule has 0 spiro atoms. The first-order chi connectivity index (χ1) is 10.1. The van der Waals surface area contributed by atoms with Crippen LogP contribution in [0.2, 0.25) is 0 Å². The number of aromatic nitrogens is 4. The van der Waals surface area contributed by atoms with E-state index in [0.717, 1.165) is 41.3 Å². The summed E-state index contributed by atoms with van der Waals surface area (Å²) in [5, 5.41) is 4.47. The highest BCUT2D eigenvalue weighted by Gasteiger charge is 2.21. The molecule has 3 heterocycles. The molecule has 0 N–H and O–H groups in total. The maximum atomic E-state index is 5.94. The summed E-state index contributed by atoms with van der Waals surface area (Å²) < 4.78 is 9.60. The minimum Gasteiger partial charge on any atom is -0.469 e. The van der Waals surface area contributed by atoms with Crippen molar-refractivity contribution in [2.24, 2.45) is 7.05 Å². The highest BCUT2D eigenvalue weighted by atomic mass is 35.5. The molecule has 0 aliphatic carbocycles. The van der Waals surface area contributed by atoms with Gasteiger partial charge in [0.25, 0.3) is 0 Å². The van der Waals surface area contributed by atoms with Crippen LogP contribution in [0.3, 0.4) is 0 Å². The lowest BCUT2D eigenvalue weighted by atomic mass is 10.2. The summed E-state index contributed by atoms with van der Waals surface area (Å²) in [6.07, 6.45) is 3.27. The molecule has 5 nitrogen and oxygen atoms in total. The normalized spacial score (nSPS) is 13.1. The molecule has 0 fully saturated rings. The van der Waals surface area contributed by atoms with Gasteiger partial charge in [0, 0.05) is 31.8 Å². The van der Waals surface area contributed by atoms with Crippen molar-refractivity contribution in [3.63, 3.8) is 0 Å². The number of aryl methyl sites for hydroxylation is 3. The van der Waals surface area contributed by atoms with Crippen molar-refractivity contribution in [1.29, 1.82) is 0 Å². The minimum absolute atomic E-state index is 0.231. The van der Waals surface area contributed by atoms with Crippen LogP contribution >= 0.6 is 11.6 Å². The predicted molar refractivity (Wildman–Crippen MR) is 82.8 cm³/mol. The lowest BCUT2D eigenvalue weighted by Gasteiger charge is -2.16. The van der Waals surface area contributed by atoms with Gasteiger partial charge < -0.3 is 8.98 Å². The molecule has 112 valence electrons. The van der Waals surface area contributed by atoms with Gasteiger partial charge in [-0.15, -0.1) is 11.6 Å². The van der Waals surface area contributed by atoms with E-state index in [4.69, 9.17) is 21.0 Å². The maximum absolute atomic E-state index is 5.94. The molecule has 3 aromatic heterocycles. The Morgan fingerprint density at radius 3 is 2.90 bits per heavy atom. The Kier molecular flexibility index (Phi) is 3.76. The molecule has 0 bridgehead atoms. The van der Waals surface area contributed by atoms with Crippen LogP contribution in [0.4, 0.5) is 0 Å². The molecule has 0 radical (unpaired) electrons. The van der Waals surface area contributed by atoms with Gasteiger partial charge >= 0.3 is 0 Å². The molecule has 0 amide bonds. The Hall–Kier alpha value is -1.75. The van der Waals surface area contributed by atoms with E-state index in [1.807, 2.05) is 30.8 Å². The van der Waals surface area contributed by atoms with Gasteiger partial charge in [-0.05, 0) is 26.0 Å². The van der Waals surface area contributed by atoms with Crippen molar-refractivity contribution < 1.29 is 4.42 Å². The van der Waals surface area contributed by atoms with Crippen molar-refractivity contribution in [1.82, 2.24) is 19.3 Å². The van der Waals surface area contributed by atoms with E-state index < -0.39 is 0 Å². The minimum atomic E-state index is 0.231. The average molecular weight is 307 g/mol. The monoisotopic (exact) mass is 306 g/mol. The van der Waals surface area contributed by atoms with Crippen LogP contribution < -0.4 is 0 Å². The SMILES string of the molecule is Cc1nn(C)c2c1nc(CCCl)n2C(C)Cc1ccco1. The summed E-state index contributed by atoms with van der Waals surface area (Å²) in [6, 6.07) is 4.15. The molecule has 0 aliphatic rings. The number of nitrogens with zero attached hydrogens (tertiary/aromatic N) is 4. The highest BCUT2D eigenvalue weighted by molar-refractivity contribution is 6.17. The molecule has 1 atom stereocenters. The van der Waals surface area contributed by atoms with Crippen LogP contribution in [0.1, 0.15) is 30.2 Å². The van der Waals surface area contributed by atoms with E-state index in [1.165, 1.54) is 0 Å². The van der Waals surface area contributed by atoms with Crippen LogP contribution in [0, 0.1) is 6.92 Å². The molecule has 3 rings (SSSR count). The van der Waals surface area contributed by atoms with Gasteiger partial charge in [0.05, 0.1) is 12.0 Å². The molecule has 0 aromatic carbocycles. The lowest BCUT2D eigenvalue weighted by Crippen LogP contribution is -2.14. The first-order valence-corrected chi connectivity index (χ1v) is 7.64. The van der Waals surface area contributed by atoms with Crippen LogP contribution in [0.25, 0.3) is 11.2 Å². The van der Waals surface area contributed by atoms with E-state index in [0.29, 0.717) is 5.88 Å². The number of alkyl halides is 1. The largest absolute Gasteiger partial charge is 0.469 e. The molecule has 3 aromatic rings. The Morgan fingerprint density at radius 2 is 2.24 bits per heavy atom. The molecule has 0 aliphatic heterocycles. The Bertz CT molecular complexity index is 741. The summed E-state index contributed by atoms with van der Waals surface area (Å²) in [5.74, 6) is 2.54. The van der Waals surface area contributed by atoms with Gasteiger partial charge in [-0.25, -0.2) is 4.98 Å². The van der Waals surface area contributed by atoms with Gasteiger partial charge in [-0.2, -0.15) is 5.10 Å². The third kappa shape index (κ3) is 2.46. The van der Waals surface area contributed by atoms with Gasteiger partial charge in [0.15, 0.2) is 5.65 Å². The molecule has 6 heteroatoms. The number of halogens is 1. The number of rotatable bonds is 5. The summed E-state index contributed by atoms with van der Waals surface area (Å²) >= 11 is 5.94. The summed E-state index contributed by atoms with van der Waals surface area (Å²) in [7, 11) is 1.96. The lowest BCUT2D eigenvalue weighted by molar-refractivity contribution is 0.444. The number of imidazole rings is 1. The van der Waals surface area contributed by atoms with E-state index >= 15 is 0 Å². The molecular formula is C15H19ClN4O. The van der Waals surface area contributed by atoms with Crippen molar-refractivity contribution in [2.45, 2.75) is 32.7 Å². The van der Waals surface area contributed by atoms with Crippen LogP contribution in [0.15, 0.2) is 22.8 Å². The third-order valence-corrected chi connectivity index (χ3v) is 3.93. The highest BCUT2D eigenvalue weighted by Crippen LogP contribution is 2.26. The Morgan fingerprint density at radius 1 is 1.43 bits per heavy atom. The second kappa shape index (κ2) is 5.56. The fourth-order valence-electron chi connectivity index (χ4n) is 2.88. The molecule has 0 saturated heterocycles. The summed E-state index contributed by atoms with van der Waals surface area (Å²) in [6.45, 7) is 4.16. The van der Waals surface area contributed by atoms with E-state index in [1.54, 1.807) is 6.26 Å². The zero-order valence-corrected chi connectivity index (χ0v) is 13.3. The molecule has 0 saturated carbocycles. The number of hydrogen-bond donors (Lipinski definition) is 0. The zero-order chi connectivity index (χ0) is 15.0. The topological polar surface area (TPSA) is 48.8 Å². The Labute approximate surface area is 128 Å². The molecule has 1 unspecified atom stereocenters. The fourth-order valence-corrected chi connectivity index (χ4v) is 3.05. The molecule has 21 heavy (non-hydrogen) atoms. The van der Waals surface area contributed by atoms with E-state index in [-0.39, 0.29) is 6.04 Å². The maximum Gasteiger partial charge on any atom is 0.158 e. The first-order valence-electron chi connectivity index (χ1n) is 7.10. The standard InChI is InChI=1S/C15H19ClN4O/c1-10(9-12-5-4-8-21-12)20-13(6-7-16)17-14-11(2)18-19(3)15(14)20/h4-5,8,10H,6-7,9H2,1-3H3. The average Bonchev–Trinajstić information content (AvgIpc) is 3.10. The van der Waals surface area contributed by atoms with Gasteiger partial charge in [0.2, 0.25) is 0 Å². The number of furan rings is 1. The fraction of sp³-hybridized carbons (Fsp3) is 0.467. The second-order valence-corrected chi connectivity index (χ2v) is 5.73. The number of hydrogen-bond acceptors (Lipinski definition) is 3. The van der Waals surface area contributed by atoms with Crippen molar-refractivity contribution >= 4 is 22.8 Å². The zero-order valence-electron chi connectivity index (χ0n) is 12.5. The van der Waals surface area contributed by atoms with Gasteiger partial charge in [-0.3, -0.25) is 4.68 Å². The van der Waals surface area contributed by atoms with E-state index in [2.05, 4.69) is 16.6 Å². The third-order valence-electron chi connectivity index (χ3n) is 3.74. The van der Waals surface area contributed by atoms with E-state index in [9.17, 15) is 0 Å². The van der Waals surface area contributed by atoms with Crippen LogP contribution in [0.5, 0.6) is 0 Å². The predicted octanol–water partition coefficient (Wildman–Crippen LogP) is 3.26. The smallest absolute Gasteiger partial charge is 0.158 e. The van der Waals surface area contributed by atoms with Crippen molar-refractivity contribution in [3.05, 3.63) is 35.7 Å². The summed E-state index contributed by atoms with van der Waals surface area (Å²) in [5.41, 5.74) is 2.96. The van der Waals surface area contributed by atoms with Crippen LogP contribution in [-0.2, 0) is 19.9 Å². The van der Waals surface area contributed by atoms with Gasteiger partial charge in [0.1, 0.15) is 17.1 Å². The molecular weight excluding hydrogens is 288 g/mol.